The van der Waals surface area contributed by atoms with Crippen LogP contribution < -0.4 is 15.2 Å². The maximum atomic E-state index is 11.9. The Hall–Kier alpha value is -2.91. The Kier molecular flexibility index (Phi) is 8.43. The molecule has 0 saturated heterocycles. The molecule has 8 nitrogen and oxygen atoms in total. The van der Waals surface area contributed by atoms with Crippen molar-refractivity contribution in [2.45, 2.75) is 12.8 Å². The fourth-order valence-electron chi connectivity index (χ4n) is 1.98. The summed E-state index contributed by atoms with van der Waals surface area (Å²) in [7, 11) is -2.19. The lowest BCUT2D eigenvalue weighted by Gasteiger charge is -2.10. The number of rotatable bonds is 6. The number of ether oxygens (including phenoxy) is 2. The first-order valence-corrected chi connectivity index (χ1v) is 9.64. The van der Waals surface area contributed by atoms with Crippen molar-refractivity contribution in [3.8, 4) is 11.5 Å². The molecule has 0 aliphatic heterocycles. The van der Waals surface area contributed by atoms with E-state index in [1.807, 2.05) is 30.3 Å². The van der Waals surface area contributed by atoms with Gasteiger partial charge in [-0.25, -0.2) is 0 Å². The molecule has 146 valence electrons. The van der Waals surface area contributed by atoms with Crippen molar-refractivity contribution in [3.63, 3.8) is 0 Å². The molecule has 4 N–H and O–H groups in total. The third kappa shape index (κ3) is 9.38. The molecule has 0 aliphatic rings. The zero-order chi connectivity index (χ0) is 20.4. The Morgan fingerprint density at radius 3 is 2.26 bits per heavy atom. The van der Waals surface area contributed by atoms with Crippen LogP contribution in [-0.4, -0.2) is 38.1 Å². The molecule has 27 heavy (non-hydrogen) atoms. The van der Waals surface area contributed by atoms with Crippen LogP contribution in [0.3, 0.4) is 0 Å². The molecule has 0 amide bonds. The summed E-state index contributed by atoms with van der Waals surface area (Å²) < 4.78 is 36.4. The quantitative estimate of drug-likeness (QED) is 0.224. The molecule has 0 aliphatic carbocycles. The van der Waals surface area contributed by atoms with E-state index in [-0.39, 0.29) is 18.2 Å². The molecule has 2 aromatic rings. The molecule has 0 saturated carbocycles. The number of methoxy groups -OCH3 is 1. The average molecular weight is 394 g/mol. The molecule has 0 unspecified atom stereocenters. The van der Waals surface area contributed by atoms with Gasteiger partial charge in [0.15, 0.2) is 11.5 Å². The van der Waals surface area contributed by atoms with Gasteiger partial charge in [0.1, 0.15) is 5.84 Å². The second-order valence-electron chi connectivity index (χ2n) is 5.47. The Bertz CT molecular complexity index is 874. The number of carbonyl (C=O) groups excluding carboxylic acids is 1. The summed E-state index contributed by atoms with van der Waals surface area (Å²) in [6.07, 6.45) is 1.61. The van der Waals surface area contributed by atoms with Crippen LogP contribution in [0.4, 0.5) is 0 Å². The van der Waals surface area contributed by atoms with Gasteiger partial charge in [-0.1, -0.05) is 30.3 Å². The maximum Gasteiger partial charge on any atom is 0.311 e. The van der Waals surface area contributed by atoms with Crippen LogP contribution in [0.15, 0.2) is 48.5 Å². The molecule has 0 aromatic heterocycles. The molecule has 0 heterocycles. The molecule has 0 fully saturated rings. The third-order valence-electron chi connectivity index (χ3n) is 3.16. The van der Waals surface area contributed by atoms with Gasteiger partial charge in [-0.05, 0) is 30.2 Å². The van der Waals surface area contributed by atoms with E-state index in [1.165, 1.54) is 7.11 Å². The summed E-state index contributed by atoms with van der Waals surface area (Å²) in [6, 6.07) is 14.5. The highest BCUT2D eigenvalue weighted by molar-refractivity contribution is 7.85. The van der Waals surface area contributed by atoms with Crippen LogP contribution in [0.1, 0.15) is 17.5 Å². The minimum Gasteiger partial charge on any atom is -0.493 e. The van der Waals surface area contributed by atoms with Crippen molar-refractivity contribution in [2.75, 3.05) is 13.4 Å². The third-order valence-corrected chi connectivity index (χ3v) is 3.16. The highest BCUT2D eigenvalue weighted by Crippen LogP contribution is 2.28. The van der Waals surface area contributed by atoms with Crippen LogP contribution >= 0.6 is 0 Å². The number of aryl methyl sites for hydroxylation is 1. The Morgan fingerprint density at radius 2 is 1.74 bits per heavy atom. The molecular formula is C18H22N2O6S. The van der Waals surface area contributed by atoms with Gasteiger partial charge in [0.25, 0.3) is 10.1 Å². The Labute approximate surface area is 158 Å². The highest BCUT2D eigenvalue weighted by atomic mass is 32.2. The minimum atomic E-state index is -3.67. The number of hydrogen-bond acceptors (Lipinski definition) is 6. The molecule has 0 radical (unpaired) electrons. The lowest BCUT2D eigenvalue weighted by atomic mass is 10.1. The zero-order valence-corrected chi connectivity index (χ0v) is 15.8. The van der Waals surface area contributed by atoms with Gasteiger partial charge < -0.3 is 15.2 Å². The fourth-order valence-corrected chi connectivity index (χ4v) is 1.98. The van der Waals surface area contributed by atoms with Gasteiger partial charge in [0.2, 0.25) is 0 Å². The number of amidine groups is 1. The number of nitrogen functional groups attached to an aromatic ring is 1. The van der Waals surface area contributed by atoms with E-state index in [4.69, 9.17) is 25.2 Å². The van der Waals surface area contributed by atoms with Crippen LogP contribution in [0, 0.1) is 5.41 Å². The predicted octanol–water partition coefficient (Wildman–Crippen LogP) is 2.02. The van der Waals surface area contributed by atoms with E-state index in [0.29, 0.717) is 29.7 Å². The summed E-state index contributed by atoms with van der Waals surface area (Å²) in [5, 5.41) is 7.39. The first-order valence-electron chi connectivity index (χ1n) is 7.79. The summed E-state index contributed by atoms with van der Waals surface area (Å²) in [6.45, 7) is 0. The van der Waals surface area contributed by atoms with Gasteiger partial charge in [-0.3, -0.25) is 14.8 Å². The number of hydrogen-bond donors (Lipinski definition) is 3. The number of benzene rings is 2. The molecule has 9 heteroatoms. The van der Waals surface area contributed by atoms with Crippen molar-refractivity contribution in [1.82, 2.24) is 0 Å². The smallest absolute Gasteiger partial charge is 0.311 e. The molecular weight excluding hydrogens is 372 g/mol. The van der Waals surface area contributed by atoms with Crippen molar-refractivity contribution in [2.24, 2.45) is 5.73 Å². The van der Waals surface area contributed by atoms with Crippen molar-refractivity contribution in [1.29, 1.82) is 5.41 Å². The fraction of sp³-hybridized carbons (Fsp3) is 0.222. The van der Waals surface area contributed by atoms with Crippen LogP contribution in [0.2, 0.25) is 0 Å². The van der Waals surface area contributed by atoms with E-state index in [2.05, 4.69) is 0 Å². The van der Waals surface area contributed by atoms with E-state index in [0.717, 1.165) is 5.56 Å². The van der Waals surface area contributed by atoms with Gasteiger partial charge in [-0.15, -0.1) is 0 Å². The van der Waals surface area contributed by atoms with Crippen LogP contribution in [0.5, 0.6) is 11.5 Å². The monoisotopic (exact) mass is 394 g/mol. The zero-order valence-electron chi connectivity index (χ0n) is 15.0. The van der Waals surface area contributed by atoms with Gasteiger partial charge in [0, 0.05) is 12.0 Å². The first-order chi connectivity index (χ1) is 12.6. The molecule has 0 spiro atoms. The number of nitrogens with one attached hydrogen (secondary N) is 1. The van der Waals surface area contributed by atoms with Crippen LogP contribution in [0.25, 0.3) is 0 Å². The first kappa shape index (κ1) is 22.1. The van der Waals surface area contributed by atoms with Crippen molar-refractivity contribution < 1.29 is 27.2 Å². The Balaban J connectivity index is 0.000000646. The molecule has 0 atom stereocenters. The van der Waals surface area contributed by atoms with E-state index >= 15 is 0 Å². The summed E-state index contributed by atoms with van der Waals surface area (Å²) in [4.78, 5) is 11.9. The van der Waals surface area contributed by atoms with Gasteiger partial charge in [0.05, 0.1) is 13.4 Å². The van der Waals surface area contributed by atoms with Crippen molar-refractivity contribution >= 4 is 21.9 Å². The lowest BCUT2D eigenvalue weighted by Crippen LogP contribution is -2.13. The topological polar surface area (TPSA) is 140 Å². The Morgan fingerprint density at radius 1 is 1.15 bits per heavy atom. The second-order valence-corrected chi connectivity index (χ2v) is 6.94. The molecule has 2 rings (SSSR count). The summed E-state index contributed by atoms with van der Waals surface area (Å²) >= 11 is 0. The molecule has 0 bridgehead atoms. The number of nitrogens with two attached hydrogens (primary N) is 1. The number of carbonyl (C=O) groups is 1. The van der Waals surface area contributed by atoms with Gasteiger partial charge >= 0.3 is 5.97 Å². The summed E-state index contributed by atoms with van der Waals surface area (Å²) in [5.41, 5.74) is 7.02. The standard InChI is InChI=1S/C17H18N2O3.CH4O3S/c1-21-15-11-13(17(18)19)8-9-14(15)22-16(20)10-7-12-5-3-2-4-6-12;1-5(2,3)4/h2-6,8-9,11H,7,10H2,1H3,(H3,18,19);1H3,(H,2,3,4). The largest absolute Gasteiger partial charge is 0.493 e. The maximum absolute atomic E-state index is 11.9. The van der Waals surface area contributed by atoms with Gasteiger partial charge in [-0.2, -0.15) is 8.42 Å². The van der Waals surface area contributed by atoms with E-state index in [1.54, 1.807) is 18.2 Å². The lowest BCUT2D eigenvalue weighted by molar-refractivity contribution is -0.134. The van der Waals surface area contributed by atoms with E-state index < -0.39 is 10.1 Å². The highest BCUT2D eigenvalue weighted by Gasteiger charge is 2.12. The SMILES string of the molecule is COc1cc(C(=N)N)ccc1OC(=O)CCc1ccccc1.CS(=O)(=O)O. The number of esters is 1. The van der Waals surface area contributed by atoms with E-state index in [9.17, 15) is 13.2 Å². The second kappa shape index (κ2) is 10.3. The minimum absolute atomic E-state index is 0.0692. The molecule has 2 aromatic carbocycles. The van der Waals surface area contributed by atoms with Crippen molar-refractivity contribution in [3.05, 3.63) is 59.7 Å². The average Bonchev–Trinajstić information content (AvgIpc) is 2.59. The predicted molar refractivity (Wildman–Crippen MR) is 102 cm³/mol. The summed E-state index contributed by atoms with van der Waals surface area (Å²) in [5.74, 6) is 0.296. The van der Waals surface area contributed by atoms with Crippen LogP contribution in [-0.2, 0) is 21.3 Å². The normalized spacial score (nSPS) is 10.3.